The number of nitrogens with zero attached hydrogens (tertiary/aromatic N) is 1. The molecule has 0 aliphatic carbocycles. The summed E-state index contributed by atoms with van der Waals surface area (Å²) in [6, 6.07) is 0. The van der Waals surface area contributed by atoms with Crippen LogP contribution in [0, 0.1) is 0 Å². The maximum Gasteiger partial charge on any atom is 0.376 e. The maximum absolute atomic E-state index is 9.25. The monoisotopic (exact) mass is 155 g/mol. The van der Waals surface area contributed by atoms with Crippen LogP contribution >= 0.6 is 0 Å². The summed E-state index contributed by atoms with van der Waals surface area (Å²) in [5, 5.41) is 9.25. The number of hydrogen-bond acceptors (Lipinski definition) is 3. The molecule has 0 unspecified atom stereocenters. The van der Waals surface area contributed by atoms with Gasteiger partial charge in [-0.1, -0.05) is 0 Å². The average molecular weight is 155 g/mol. The SMILES string of the molecule is CB(O)N1CCC2(CC1)CO2. The Morgan fingerprint density at radius 2 is 2.00 bits per heavy atom. The van der Waals surface area contributed by atoms with Crippen LogP contribution < -0.4 is 0 Å². The summed E-state index contributed by atoms with van der Waals surface area (Å²) in [6.45, 7) is 4.74. The predicted octanol–water partition coefficient (Wildman–Crippen LogP) is -0.0385. The van der Waals surface area contributed by atoms with E-state index in [9.17, 15) is 5.02 Å². The lowest BCUT2D eigenvalue weighted by Crippen LogP contribution is -2.45. The Balaban J connectivity index is 1.84. The molecule has 1 N–H and O–H groups in total. The molecule has 0 atom stereocenters. The largest absolute Gasteiger partial charge is 0.437 e. The first-order valence-corrected chi connectivity index (χ1v) is 4.28. The quantitative estimate of drug-likeness (QED) is 0.426. The predicted molar refractivity (Wildman–Crippen MR) is 43.3 cm³/mol. The third-order valence-electron chi connectivity index (χ3n) is 2.79. The van der Waals surface area contributed by atoms with Gasteiger partial charge in [-0.25, -0.2) is 0 Å². The number of rotatable bonds is 1. The van der Waals surface area contributed by atoms with Crippen LogP contribution in [-0.2, 0) is 4.74 Å². The zero-order valence-electron chi connectivity index (χ0n) is 6.92. The maximum atomic E-state index is 9.25. The van der Waals surface area contributed by atoms with Gasteiger partial charge in [-0.2, -0.15) is 0 Å². The van der Waals surface area contributed by atoms with E-state index in [0.717, 1.165) is 32.5 Å². The zero-order valence-corrected chi connectivity index (χ0v) is 6.92. The highest BCUT2D eigenvalue weighted by Gasteiger charge is 2.47. The third kappa shape index (κ3) is 1.43. The molecule has 2 fully saturated rings. The van der Waals surface area contributed by atoms with Crippen LogP contribution in [-0.4, -0.2) is 42.2 Å². The summed E-state index contributed by atoms with van der Waals surface area (Å²) in [6.07, 6.45) is 2.19. The van der Waals surface area contributed by atoms with Gasteiger partial charge in [0.1, 0.15) is 0 Å². The lowest BCUT2D eigenvalue weighted by molar-refractivity contribution is 0.190. The van der Waals surface area contributed by atoms with Crippen LogP contribution in [0.15, 0.2) is 0 Å². The molecule has 0 saturated carbocycles. The van der Waals surface area contributed by atoms with E-state index in [1.807, 2.05) is 6.82 Å². The number of ether oxygens (including phenoxy) is 1. The molecule has 1 spiro atoms. The van der Waals surface area contributed by atoms with Crippen molar-refractivity contribution in [1.82, 2.24) is 4.81 Å². The van der Waals surface area contributed by atoms with E-state index in [2.05, 4.69) is 4.81 Å². The van der Waals surface area contributed by atoms with Gasteiger partial charge >= 0.3 is 7.05 Å². The molecule has 3 nitrogen and oxygen atoms in total. The van der Waals surface area contributed by atoms with Gasteiger partial charge in [0.15, 0.2) is 0 Å². The van der Waals surface area contributed by atoms with Gasteiger partial charge in [0.05, 0.1) is 12.2 Å². The molecule has 0 bridgehead atoms. The summed E-state index contributed by atoms with van der Waals surface area (Å²) in [5.41, 5.74) is 0.241. The first-order valence-electron chi connectivity index (χ1n) is 4.28. The summed E-state index contributed by atoms with van der Waals surface area (Å²) in [7, 11) is -0.286. The molecule has 0 aromatic carbocycles. The van der Waals surface area contributed by atoms with Crippen molar-refractivity contribution in [2.24, 2.45) is 0 Å². The second-order valence-corrected chi connectivity index (χ2v) is 3.64. The third-order valence-corrected chi connectivity index (χ3v) is 2.79. The van der Waals surface area contributed by atoms with E-state index in [-0.39, 0.29) is 12.7 Å². The van der Waals surface area contributed by atoms with E-state index >= 15 is 0 Å². The van der Waals surface area contributed by atoms with E-state index in [1.54, 1.807) is 0 Å². The van der Waals surface area contributed by atoms with E-state index in [1.165, 1.54) is 0 Å². The van der Waals surface area contributed by atoms with Crippen molar-refractivity contribution in [2.45, 2.75) is 25.3 Å². The standard InChI is InChI=1S/C7H14BNO2/c1-8(10)9-4-2-7(3-5-9)6-11-7/h10H,2-6H2,1H3. The van der Waals surface area contributed by atoms with Crippen molar-refractivity contribution >= 4 is 7.05 Å². The van der Waals surface area contributed by atoms with Gasteiger partial charge in [-0.05, 0) is 32.8 Å². The molecule has 4 heteroatoms. The smallest absolute Gasteiger partial charge is 0.376 e. The highest BCUT2D eigenvalue weighted by molar-refractivity contribution is 6.45. The lowest BCUT2D eigenvalue weighted by Gasteiger charge is -2.30. The number of epoxide rings is 1. The molecule has 2 saturated heterocycles. The fourth-order valence-corrected chi connectivity index (χ4v) is 1.70. The van der Waals surface area contributed by atoms with Crippen LogP contribution in [0.2, 0.25) is 6.82 Å². The summed E-state index contributed by atoms with van der Waals surface area (Å²) >= 11 is 0. The van der Waals surface area contributed by atoms with Crippen molar-refractivity contribution in [1.29, 1.82) is 0 Å². The van der Waals surface area contributed by atoms with Gasteiger partial charge in [0.2, 0.25) is 0 Å². The molecule has 2 aliphatic heterocycles. The van der Waals surface area contributed by atoms with Crippen molar-refractivity contribution < 1.29 is 9.76 Å². The Morgan fingerprint density at radius 3 is 2.36 bits per heavy atom. The molecule has 11 heavy (non-hydrogen) atoms. The Kier molecular flexibility index (Phi) is 1.70. The minimum absolute atomic E-state index is 0.241. The van der Waals surface area contributed by atoms with Gasteiger partial charge in [0.25, 0.3) is 0 Å². The van der Waals surface area contributed by atoms with Crippen LogP contribution in [0.5, 0.6) is 0 Å². The Morgan fingerprint density at radius 1 is 1.45 bits per heavy atom. The first kappa shape index (κ1) is 7.59. The molecule has 0 amide bonds. The van der Waals surface area contributed by atoms with Crippen LogP contribution in [0.3, 0.4) is 0 Å². The number of piperidine rings is 1. The topological polar surface area (TPSA) is 36.0 Å². The van der Waals surface area contributed by atoms with Crippen LogP contribution in [0.1, 0.15) is 12.8 Å². The lowest BCUT2D eigenvalue weighted by atomic mass is 9.81. The second-order valence-electron chi connectivity index (χ2n) is 3.64. The van der Waals surface area contributed by atoms with E-state index in [4.69, 9.17) is 4.74 Å². The highest BCUT2D eigenvalue weighted by Crippen LogP contribution is 2.37. The van der Waals surface area contributed by atoms with Gasteiger partial charge in [-0.3, -0.25) is 0 Å². The van der Waals surface area contributed by atoms with Crippen molar-refractivity contribution in [3.05, 3.63) is 0 Å². The van der Waals surface area contributed by atoms with Gasteiger partial charge in [-0.15, -0.1) is 0 Å². The van der Waals surface area contributed by atoms with Crippen molar-refractivity contribution in [2.75, 3.05) is 19.7 Å². The molecule has 0 aromatic rings. The summed E-state index contributed by atoms with van der Waals surface area (Å²) in [4.78, 5) is 2.09. The van der Waals surface area contributed by atoms with Crippen molar-refractivity contribution in [3.8, 4) is 0 Å². The average Bonchev–Trinajstić information content (AvgIpc) is 2.70. The first-order chi connectivity index (χ1) is 5.22. The Hall–Kier alpha value is -0.0551. The van der Waals surface area contributed by atoms with Crippen LogP contribution in [0.25, 0.3) is 0 Å². The van der Waals surface area contributed by atoms with Gasteiger partial charge < -0.3 is 14.6 Å². The molecule has 2 rings (SSSR count). The minimum Gasteiger partial charge on any atom is -0.437 e. The molecule has 2 heterocycles. The molecule has 2 aliphatic rings. The second kappa shape index (κ2) is 2.47. The van der Waals surface area contributed by atoms with E-state index in [0.29, 0.717) is 0 Å². The molecule has 0 aromatic heterocycles. The normalized spacial score (nSPS) is 28.9. The molecular formula is C7H14BNO2. The minimum atomic E-state index is -0.286. The fourth-order valence-electron chi connectivity index (χ4n) is 1.70. The molecule has 62 valence electrons. The highest BCUT2D eigenvalue weighted by atomic mass is 16.6. The zero-order chi connectivity index (χ0) is 7.90. The molecule has 0 radical (unpaired) electrons. The summed E-state index contributed by atoms with van der Waals surface area (Å²) < 4.78 is 5.36. The number of hydrogen-bond donors (Lipinski definition) is 1. The molecular weight excluding hydrogens is 141 g/mol. The summed E-state index contributed by atoms with van der Waals surface area (Å²) in [5.74, 6) is 0. The van der Waals surface area contributed by atoms with Crippen LogP contribution in [0.4, 0.5) is 0 Å². The van der Waals surface area contributed by atoms with E-state index < -0.39 is 0 Å². The van der Waals surface area contributed by atoms with Gasteiger partial charge in [0, 0.05) is 0 Å². The fraction of sp³-hybridized carbons (Fsp3) is 1.00. The Bertz CT molecular complexity index is 149. The van der Waals surface area contributed by atoms with Crippen molar-refractivity contribution in [3.63, 3.8) is 0 Å². The Labute approximate surface area is 67.5 Å².